The van der Waals surface area contributed by atoms with Crippen LogP contribution in [0, 0.1) is 5.92 Å². The van der Waals surface area contributed by atoms with Crippen molar-refractivity contribution in [3.05, 3.63) is 0 Å². The highest BCUT2D eigenvalue weighted by molar-refractivity contribution is 8.14. The van der Waals surface area contributed by atoms with E-state index in [-0.39, 0.29) is 40.8 Å². The van der Waals surface area contributed by atoms with Crippen LogP contribution in [0.5, 0.6) is 0 Å². The van der Waals surface area contributed by atoms with Crippen LogP contribution in [-0.2, 0) is 9.59 Å². The van der Waals surface area contributed by atoms with E-state index in [0.717, 1.165) is 63.1 Å². The predicted molar refractivity (Wildman–Crippen MR) is 92.2 cm³/mol. The number of rotatable bonds is 7. The standard InChI is InChI=1S/C17H28N2O3S/c1-3-7-12(8-4-2)16(21)18-13-9-5-6-10-14(13)19-15(20)11-23-17(19)22/h12-14H,3-11H2,1-2H3,(H,18,21). The normalized spacial score (nSPS) is 25.3. The number of hydrogen-bond acceptors (Lipinski definition) is 4. The molecule has 3 amide bonds. The molecule has 2 atom stereocenters. The Morgan fingerprint density at radius 2 is 1.87 bits per heavy atom. The fraction of sp³-hybridized carbons (Fsp3) is 0.824. The SMILES string of the molecule is CCCC(CCC)C(=O)NC1CCCCC1N1C(=O)CSC1=O. The van der Waals surface area contributed by atoms with Gasteiger partial charge in [0.15, 0.2) is 0 Å². The first kappa shape index (κ1) is 18.3. The van der Waals surface area contributed by atoms with Gasteiger partial charge < -0.3 is 5.32 Å². The first-order chi connectivity index (χ1) is 11.1. The summed E-state index contributed by atoms with van der Waals surface area (Å²) in [6.45, 7) is 4.19. The van der Waals surface area contributed by atoms with Crippen LogP contribution in [0.3, 0.4) is 0 Å². The van der Waals surface area contributed by atoms with Gasteiger partial charge in [-0.1, -0.05) is 51.3 Å². The smallest absolute Gasteiger partial charge is 0.289 e. The third-order valence-corrected chi connectivity index (χ3v) is 5.65. The molecule has 1 N–H and O–H groups in total. The Bertz CT molecular complexity index is 433. The zero-order valence-electron chi connectivity index (χ0n) is 14.2. The van der Waals surface area contributed by atoms with E-state index in [1.807, 2.05) is 0 Å². The van der Waals surface area contributed by atoms with Crippen molar-refractivity contribution in [3.63, 3.8) is 0 Å². The number of imide groups is 1. The molecule has 0 aromatic carbocycles. The van der Waals surface area contributed by atoms with Gasteiger partial charge in [0.05, 0.1) is 11.8 Å². The number of hydrogen-bond donors (Lipinski definition) is 1. The summed E-state index contributed by atoms with van der Waals surface area (Å²) in [5.74, 6) is 0.277. The van der Waals surface area contributed by atoms with E-state index in [1.165, 1.54) is 4.90 Å². The topological polar surface area (TPSA) is 66.5 Å². The highest BCUT2D eigenvalue weighted by Crippen LogP contribution is 2.30. The van der Waals surface area contributed by atoms with Crippen molar-refractivity contribution in [2.24, 2.45) is 5.92 Å². The van der Waals surface area contributed by atoms with Gasteiger partial charge in [-0.15, -0.1) is 0 Å². The Morgan fingerprint density at radius 3 is 2.43 bits per heavy atom. The Hall–Kier alpha value is -1.04. The molecule has 1 heterocycles. The molecule has 6 heteroatoms. The zero-order valence-corrected chi connectivity index (χ0v) is 15.0. The van der Waals surface area contributed by atoms with E-state index in [1.54, 1.807) is 0 Å². The molecule has 130 valence electrons. The summed E-state index contributed by atoms with van der Waals surface area (Å²) in [6.07, 6.45) is 7.47. The number of carbonyl (C=O) groups is 3. The fourth-order valence-electron chi connectivity index (χ4n) is 3.68. The molecule has 0 aromatic rings. The quantitative estimate of drug-likeness (QED) is 0.772. The molecule has 5 nitrogen and oxygen atoms in total. The summed E-state index contributed by atoms with van der Waals surface area (Å²) in [5.41, 5.74) is 0. The summed E-state index contributed by atoms with van der Waals surface area (Å²) in [6, 6.07) is -0.245. The van der Waals surface area contributed by atoms with E-state index in [4.69, 9.17) is 0 Å². The van der Waals surface area contributed by atoms with Gasteiger partial charge in [0.1, 0.15) is 0 Å². The van der Waals surface area contributed by atoms with E-state index in [0.29, 0.717) is 0 Å². The number of nitrogens with zero attached hydrogens (tertiary/aromatic N) is 1. The van der Waals surface area contributed by atoms with E-state index >= 15 is 0 Å². The molecule has 2 aliphatic rings. The molecule has 0 aromatic heterocycles. The van der Waals surface area contributed by atoms with Crippen LogP contribution in [0.1, 0.15) is 65.2 Å². The highest BCUT2D eigenvalue weighted by atomic mass is 32.2. The van der Waals surface area contributed by atoms with E-state index in [9.17, 15) is 14.4 Å². The molecule has 1 aliphatic heterocycles. The molecule has 1 saturated carbocycles. The second-order valence-corrected chi connectivity index (χ2v) is 7.49. The van der Waals surface area contributed by atoms with E-state index in [2.05, 4.69) is 19.2 Å². The monoisotopic (exact) mass is 340 g/mol. The average molecular weight is 340 g/mol. The van der Waals surface area contributed by atoms with Gasteiger partial charge >= 0.3 is 0 Å². The molecule has 0 radical (unpaired) electrons. The average Bonchev–Trinajstić information content (AvgIpc) is 2.87. The minimum Gasteiger partial charge on any atom is -0.351 e. The number of amides is 3. The van der Waals surface area contributed by atoms with Crippen LogP contribution in [0.25, 0.3) is 0 Å². The van der Waals surface area contributed by atoms with Crippen LogP contribution in [0.15, 0.2) is 0 Å². The van der Waals surface area contributed by atoms with Crippen molar-refractivity contribution in [1.29, 1.82) is 0 Å². The molecule has 2 rings (SSSR count). The van der Waals surface area contributed by atoms with Crippen LogP contribution in [0.2, 0.25) is 0 Å². The van der Waals surface area contributed by atoms with Gasteiger partial charge in [-0.3, -0.25) is 19.3 Å². The Balaban J connectivity index is 2.04. The summed E-state index contributed by atoms with van der Waals surface area (Å²) in [5, 5.41) is 3.01. The summed E-state index contributed by atoms with van der Waals surface area (Å²) in [7, 11) is 0. The molecular weight excluding hydrogens is 312 g/mol. The molecule has 0 bridgehead atoms. The number of carbonyl (C=O) groups excluding carboxylic acids is 3. The second-order valence-electron chi connectivity index (χ2n) is 6.56. The van der Waals surface area contributed by atoms with Crippen LogP contribution >= 0.6 is 11.8 Å². The Kier molecular flexibility index (Phi) is 6.93. The number of nitrogens with one attached hydrogen (secondary N) is 1. The van der Waals surface area contributed by atoms with Gasteiger partial charge in [-0.25, -0.2) is 0 Å². The van der Waals surface area contributed by atoms with Crippen LogP contribution in [0.4, 0.5) is 4.79 Å². The maximum absolute atomic E-state index is 12.6. The van der Waals surface area contributed by atoms with E-state index < -0.39 is 0 Å². The summed E-state index contributed by atoms with van der Waals surface area (Å²) < 4.78 is 0. The fourth-order valence-corrected chi connectivity index (χ4v) is 4.44. The third kappa shape index (κ3) is 4.49. The molecule has 23 heavy (non-hydrogen) atoms. The van der Waals surface area contributed by atoms with Crippen LogP contribution in [-0.4, -0.2) is 39.8 Å². The lowest BCUT2D eigenvalue weighted by Crippen LogP contribution is -2.55. The minimum atomic E-state index is -0.161. The van der Waals surface area contributed by atoms with Crippen molar-refractivity contribution in [3.8, 4) is 0 Å². The molecule has 2 unspecified atom stereocenters. The Labute approximate surface area is 142 Å². The largest absolute Gasteiger partial charge is 0.351 e. The first-order valence-electron chi connectivity index (χ1n) is 8.87. The first-order valence-corrected chi connectivity index (χ1v) is 9.86. The predicted octanol–water partition coefficient (Wildman–Crippen LogP) is 3.33. The van der Waals surface area contributed by atoms with Gasteiger partial charge in [0.25, 0.3) is 5.24 Å². The third-order valence-electron chi connectivity index (χ3n) is 4.82. The maximum Gasteiger partial charge on any atom is 0.289 e. The highest BCUT2D eigenvalue weighted by Gasteiger charge is 2.41. The second kappa shape index (κ2) is 8.71. The van der Waals surface area contributed by atoms with Crippen molar-refractivity contribution < 1.29 is 14.4 Å². The maximum atomic E-state index is 12.6. The lowest BCUT2D eigenvalue weighted by Gasteiger charge is -2.37. The molecular formula is C17H28N2O3S. The van der Waals surface area contributed by atoms with Gasteiger partial charge in [0.2, 0.25) is 11.8 Å². The lowest BCUT2D eigenvalue weighted by molar-refractivity contribution is -0.130. The van der Waals surface area contributed by atoms with Gasteiger partial charge in [-0.05, 0) is 25.7 Å². The Morgan fingerprint density at radius 1 is 1.22 bits per heavy atom. The van der Waals surface area contributed by atoms with Crippen molar-refractivity contribution in [2.45, 2.75) is 77.3 Å². The molecule has 2 fully saturated rings. The summed E-state index contributed by atoms with van der Waals surface area (Å²) in [4.78, 5) is 38.1. The van der Waals surface area contributed by atoms with Gasteiger partial charge in [0, 0.05) is 12.0 Å². The number of thioether (sulfide) groups is 1. The zero-order chi connectivity index (χ0) is 16.8. The van der Waals surface area contributed by atoms with Crippen LogP contribution < -0.4 is 5.32 Å². The lowest BCUT2D eigenvalue weighted by atomic mass is 9.88. The molecule has 1 saturated heterocycles. The van der Waals surface area contributed by atoms with Crippen molar-refractivity contribution in [2.75, 3.05) is 5.75 Å². The van der Waals surface area contributed by atoms with Crippen molar-refractivity contribution >= 4 is 28.8 Å². The molecule has 1 aliphatic carbocycles. The summed E-state index contributed by atoms with van der Waals surface area (Å²) >= 11 is 1.08. The minimum absolute atomic E-state index is 0.0481. The van der Waals surface area contributed by atoms with Crippen molar-refractivity contribution in [1.82, 2.24) is 10.2 Å². The van der Waals surface area contributed by atoms with Gasteiger partial charge in [-0.2, -0.15) is 0 Å². The molecule has 0 spiro atoms.